The SMILES string of the molecule is C.C.CC1(C)OB(B2OC(C)(C)C(C)(C)O2)OC1(C)C.Cc1nc(Cl)ccc1C(N)=O.Cc1nc(Oc2ccc(B3OC(C)(C)C(C)(C)O3)c(C=O)c2)ccc1C(N)=O.Cc1nc(Oc2ccc(Br)c(C=O)c2)ccc1C(N)=O.Cc1nc(Oc2ccc3c(c2)COB3O)ccc1C(N)=O.O=Cc1cc(O)ccc1Br.[2H][2H].[2H][2H].[2H][2H].[2H][2H].[2H][2H].[2H][2H].[2H][2H].[2H][2H].[2H][2H].[2H][2H].[2H][2H].[2H][2H].[2H][2H].[2H][2H].[2H][2H].[2H][2H].[2H][2H].[2H][2H].[2H][2H].[2H][2H].[2H][2H].[2H][2H].[2H][2H].[2H][2H].[2H][2H].[2H][2H].[2H][2H].[2H][2H].[2H][2H].[2H][2H].[2H][2H].[2H][2H].[2H][2H].[2H][2H].[2H][2H].[2H][2H].[2H][2H].[2H][2H].[2H][2H].[2H][2H].[2H][2H].[2H][2H].[2H][2H].[2H][2H].[2H][2H].[2H][2H].[2H][2H].[2H][2H].[2H][2H].[2H][2H].[2H][2H].[2H][2H].[2H][2H].[2H][2H].[2H][2H].[2H][2H].[B].[H-].[Na+]. The van der Waals surface area contributed by atoms with Gasteiger partial charge in [0.2, 0.25) is 17.6 Å². The van der Waals surface area contributed by atoms with Gasteiger partial charge in [-0.25, -0.2) is 19.9 Å². The Kier molecular flexibility index (Phi) is 15.2. The number of phenolic OH excluding ortho intramolecular Hbond substituents is 1. The number of ether oxygens (including phenoxy) is 3. The number of nitrogens with zero attached hydrogens (tertiary/aromatic N) is 4. The third kappa shape index (κ3) is 24.9. The summed E-state index contributed by atoms with van der Waals surface area (Å²) in [4.78, 5) is 93.4. The van der Waals surface area contributed by atoms with E-state index in [9.17, 15) is 38.6 Å². The first kappa shape index (κ1) is 41.9. The van der Waals surface area contributed by atoms with E-state index in [2.05, 4.69) is 51.8 Å². The van der Waals surface area contributed by atoms with E-state index < -0.39 is 63.1 Å². The number of hydrogen-bond donors (Lipinski definition) is 6. The molecule has 112 heavy (non-hydrogen) atoms. The van der Waals surface area contributed by atoms with E-state index in [4.69, 9.17) is 253 Å². The Balaban J connectivity index is -0.0000000259. The zero-order chi connectivity index (χ0) is 192. The molecule has 3 radical (unpaired) electrons. The van der Waals surface area contributed by atoms with E-state index in [-0.39, 0.29) is 82.4 Å². The maximum absolute atomic E-state index is 11.7. The van der Waals surface area contributed by atoms with Crippen molar-refractivity contribution in [1.82, 2.24) is 19.9 Å². The largest absolute Gasteiger partial charge is 1.00 e. The van der Waals surface area contributed by atoms with E-state index in [1.165, 1.54) is 18.2 Å². The first-order valence-corrected chi connectivity index (χ1v) is 35.3. The zero-order valence-corrected chi connectivity index (χ0v) is 69.9. The molecule has 0 atom stereocenters. The van der Waals surface area contributed by atoms with Gasteiger partial charge in [0.25, 0.3) is 23.6 Å². The van der Waals surface area contributed by atoms with Crippen LogP contribution in [-0.2, 0) is 39.2 Å². The van der Waals surface area contributed by atoms with Crippen LogP contribution < -0.4 is 77.6 Å². The van der Waals surface area contributed by atoms with Gasteiger partial charge in [-0.15, -0.1) is 0 Å². The number of nitrogens with two attached hydrogens (primary N) is 4. The number of aromatic hydroxyl groups is 1. The molecule has 0 aliphatic carbocycles. The van der Waals surface area contributed by atoms with Gasteiger partial charge in [-0.2, -0.15) is 0 Å². The number of aldehydes is 3. The first-order chi connectivity index (χ1) is 106. The van der Waals surface area contributed by atoms with Crippen LogP contribution in [0.15, 0.2) is 130 Å². The van der Waals surface area contributed by atoms with Gasteiger partial charge < -0.3 is 81.3 Å². The molecule has 0 saturated carbocycles. The second kappa shape index (κ2) is 40.7. The summed E-state index contributed by atoms with van der Waals surface area (Å²) < 4.78 is 619. The van der Waals surface area contributed by atoms with Crippen molar-refractivity contribution < 1.29 is 288 Å². The fourth-order valence-corrected chi connectivity index (χ4v) is 11.1. The van der Waals surface area contributed by atoms with Crippen molar-refractivity contribution in [3.8, 4) is 40.6 Å². The van der Waals surface area contributed by atoms with Crippen LogP contribution in [0, 0.1) is 27.7 Å². The second-order valence-corrected chi connectivity index (χ2v) is 29.9. The van der Waals surface area contributed by atoms with Crippen LogP contribution in [0.25, 0.3) is 0 Å². The number of phenols is 1. The molecule has 8 heterocycles. The molecule has 3 fully saturated rings. The van der Waals surface area contributed by atoms with E-state index in [1.807, 2.05) is 83.1 Å². The van der Waals surface area contributed by atoms with Crippen molar-refractivity contribution in [2.75, 3.05) is 0 Å². The summed E-state index contributed by atoms with van der Waals surface area (Å²) in [5.41, 5.74) is 25.4. The number of rotatable bonds is 15. The fourth-order valence-electron chi connectivity index (χ4n) is 10.2. The monoisotopic (exact) mass is 1920 g/mol. The maximum Gasteiger partial charge on any atom is 1.00 e. The van der Waals surface area contributed by atoms with Gasteiger partial charge in [0.15, 0.2) is 12.6 Å². The summed E-state index contributed by atoms with van der Waals surface area (Å²) >= 11 is 12.0. The molecule has 27 nitrogen and oxygen atoms in total. The number of carbonyl (C=O) groups excluding carboxylic acids is 7. The van der Waals surface area contributed by atoms with Crippen LogP contribution in [0.3, 0.4) is 0 Å². The van der Waals surface area contributed by atoms with Crippen molar-refractivity contribution in [2.24, 2.45) is 22.9 Å². The van der Waals surface area contributed by atoms with Gasteiger partial charge in [-0.3, -0.25) is 33.6 Å². The van der Waals surface area contributed by atoms with Gasteiger partial charge in [0.05, 0.1) is 85.2 Å². The van der Waals surface area contributed by atoms with Crippen LogP contribution in [0.2, 0.25) is 5.15 Å². The first-order valence-electron chi connectivity index (χ1n) is 89.4. The number of pyridine rings is 4. The Labute approximate surface area is 874 Å². The molecule has 4 aromatic carbocycles. The van der Waals surface area contributed by atoms with Crippen molar-refractivity contribution in [3.05, 3.63) is 203 Å². The Bertz CT molecular complexity index is 4870. The van der Waals surface area contributed by atoms with E-state index in [1.54, 1.807) is 131 Å². The average Bonchev–Trinajstić information content (AvgIpc) is 1.59. The molecule has 0 unspecified atom stereocenters. The molecule has 4 aliphatic rings. The van der Waals surface area contributed by atoms with Crippen molar-refractivity contribution in [1.29, 1.82) is 0 Å². The van der Waals surface area contributed by atoms with Crippen LogP contribution in [0.4, 0.5) is 0 Å². The molecule has 0 bridgehead atoms. The summed E-state index contributed by atoms with van der Waals surface area (Å²) in [7, 11) is -2.47. The maximum atomic E-state index is 11.7. The molecular weight excluding hydrogens is 1600 g/mol. The number of aryl methyl sites for hydroxylation is 4. The summed E-state index contributed by atoms with van der Waals surface area (Å²) in [6.45, 7) is 31.1. The Morgan fingerprint density at radius 2 is 0.795 bits per heavy atom. The number of aromatic nitrogens is 4. The van der Waals surface area contributed by atoms with Gasteiger partial charge in [-0.05, 0) is 218 Å². The second-order valence-electron chi connectivity index (χ2n) is 27.8. The molecular formula is C76H204B5Br2ClN8NaO19. The molecule has 8 aromatic rings. The number of primary amides is 4. The van der Waals surface area contributed by atoms with Crippen LogP contribution in [0.1, 0.15) is 367 Å². The quantitative estimate of drug-likeness (QED) is 0.0315. The smallest absolute Gasteiger partial charge is 1.00 e. The minimum absolute atomic E-state index is 0. The molecule has 36 heteroatoms. The van der Waals surface area contributed by atoms with Crippen LogP contribution in [-0.4, -0.2) is 143 Å². The summed E-state index contributed by atoms with van der Waals surface area (Å²) in [5, 5.41) is 18.8. The summed E-state index contributed by atoms with van der Waals surface area (Å²) in [6.07, 6.45) is 2.15. The number of fused-ring (bicyclic) bond motifs is 1. The Morgan fingerprint density at radius 1 is 0.482 bits per heavy atom. The molecule has 12 rings (SSSR count). The fraction of sp³-hybridized carbons (Fsp3) is 0.329. The van der Waals surface area contributed by atoms with Gasteiger partial charge >= 0.3 is 57.8 Å². The van der Waals surface area contributed by atoms with Crippen LogP contribution in [0.5, 0.6) is 40.6 Å². The molecule has 4 aliphatic heterocycles. The van der Waals surface area contributed by atoms with Gasteiger partial charge in [0.1, 0.15) is 34.4 Å². The third-order valence-electron chi connectivity index (χ3n) is 18.4. The molecule has 0 spiro atoms. The molecule has 4 aromatic heterocycles. The molecule has 4 amide bonds. The van der Waals surface area contributed by atoms with Crippen molar-refractivity contribution >= 4 is 134 Å². The number of hydrogen-bond acceptors (Lipinski definition) is 23. The summed E-state index contributed by atoms with van der Waals surface area (Å²) in [5.74, 6) is 0.513. The average molecular weight is 1920 g/mol. The minimum atomic E-state index is -0.871. The van der Waals surface area contributed by atoms with E-state index >= 15 is 0 Å². The van der Waals surface area contributed by atoms with Gasteiger partial charge in [-0.1, -0.05) is 70.4 Å². The number of halogens is 3. The molecule has 10 N–H and O–H groups in total. The summed E-state index contributed by atoms with van der Waals surface area (Å²) in [6, 6.07) is 32.4. The predicted molar refractivity (Wildman–Crippen MR) is 553 cm³/mol. The van der Waals surface area contributed by atoms with Crippen LogP contribution >= 0.6 is 43.5 Å². The normalized spacial score (nSPS) is 19.5. The molecule has 699 valence electrons. The number of benzene rings is 4. The third-order valence-corrected chi connectivity index (χ3v) is 20.1. The molecule has 3 saturated heterocycles. The standard InChI is InChI=1S/C20H23BN2O5.C14H13BN2O4.C14H11BrN2O3.C12H24B2O4.C7H5BrO2.C7H7ClN2O.2CH4.B.Na.56H2.H/c1-12-15(18(22)25)7-9-17(23-12)26-14-6-8-16(13(10-14)11-24)21-27-19(2,3)20(4,5)28-21;1-8-11(14(16)18)3-5-13(17-8)21-10-2-4-12-9(6-10)7-20-15(12)19;1-8-11(14(16)19)3-5-13(17-8)20-10-2-4-12(15)9(6-10)7-18;1-9(2)10(3,4)16-13(15-9)14-17-11(5,6)12(7,8)18-14;8-7-2-1-6(10)3-5(7)4-9;1-4-5(7(9)11)2-3-6(8)10-4;;;;;;;;;;;;;;;;;;;;;;;;;;;;;;;;;;;;;;;;;;;;;;;;;;;;;;;;;;;;;/h6-11H,1-5H3,(H2,22,25);2-6,19H,7H2,1H3,(H2,16,18);2-7H,1H3,(H2,16,19);1-8H3;1-4,10H;2-3H,1H3,(H2,9,11);2*1H4;;;56*1H;/q;;;;;;;;;+1;;;;;;;;;;;;;;;;;;;;;;;;;;;;;;;;;;;;;;;;;;;;;;;;;;;;;;;;;-1/i;;;;;;;;;;56*1+1D;. The van der Waals surface area contributed by atoms with Crippen molar-refractivity contribution in [3.63, 3.8) is 0 Å². The zero-order valence-electron chi connectivity index (χ0n) is 177. The topological polar surface area (TPSA) is 408 Å². The Morgan fingerprint density at radius 3 is 1.14 bits per heavy atom. The van der Waals surface area contributed by atoms with Gasteiger partial charge in [0, 0.05) is 219 Å². The Hall–Kier alpha value is -8.18. The number of carbonyl (C=O) groups is 7. The predicted octanol–water partition coefficient (Wildman–Crippen LogP) is 22.9. The number of amides is 4. The minimum Gasteiger partial charge on any atom is -1.00 e. The van der Waals surface area contributed by atoms with E-state index in [0.717, 1.165) is 23.6 Å². The van der Waals surface area contributed by atoms with Crippen molar-refractivity contribution in [2.45, 2.75) is 166 Å². The van der Waals surface area contributed by atoms with E-state index in [0.29, 0.717) is 129 Å².